The van der Waals surface area contributed by atoms with Crippen LogP contribution >= 0.6 is 0 Å². The first-order valence-electron chi connectivity index (χ1n) is 8.47. The van der Waals surface area contributed by atoms with E-state index in [0.29, 0.717) is 30.8 Å². The van der Waals surface area contributed by atoms with E-state index in [2.05, 4.69) is 26.9 Å². The summed E-state index contributed by atoms with van der Waals surface area (Å²) in [6, 6.07) is 3.92. The van der Waals surface area contributed by atoms with Crippen molar-refractivity contribution in [2.45, 2.75) is 32.2 Å². The molecule has 3 rings (SSSR count). The SMILES string of the molecule is CCCN1CCCC1c1nc(-c2ccnc(OCCOC)c2)no1. The van der Waals surface area contributed by atoms with E-state index in [0.717, 1.165) is 31.5 Å². The lowest BCUT2D eigenvalue weighted by Crippen LogP contribution is -2.24. The molecule has 0 amide bonds. The quantitative estimate of drug-likeness (QED) is 0.688. The topological polar surface area (TPSA) is 73.5 Å². The van der Waals surface area contributed by atoms with Crippen LogP contribution in [-0.2, 0) is 4.74 Å². The molecule has 7 heteroatoms. The van der Waals surface area contributed by atoms with Gasteiger partial charge in [-0.25, -0.2) is 4.98 Å². The summed E-state index contributed by atoms with van der Waals surface area (Å²) in [6.45, 7) is 5.33. The average Bonchev–Trinajstić information content (AvgIpc) is 3.25. The highest BCUT2D eigenvalue weighted by Gasteiger charge is 2.30. The van der Waals surface area contributed by atoms with E-state index in [4.69, 9.17) is 14.0 Å². The van der Waals surface area contributed by atoms with E-state index >= 15 is 0 Å². The zero-order valence-electron chi connectivity index (χ0n) is 14.3. The summed E-state index contributed by atoms with van der Waals surface area (Å²) < 4.78 is 16.0. The maximum atomic E-state index is 5.53. The molecule has 24 heavy (non-hydrogen) atoms. The first kappa shape index (κ1) is 16.9. The van der Waals surface area contributed by atoms with E-state index in [1.165, 1.54) is 6.42 Å². The van der Waals surface area contributed by atoms with Gasteiger partial charge in [0.2, 0.25) is 17.6 Å². The lowest BCUT2D eigenvalue weighted by Gasteiger charge is -2.20. The van der Waals surface area contributed by atoms with Gasteiger partial charge < -0.3 is 14.0 Å². The summed E-state index contributed by atoms with van der Waals surface area (Å²) >= 11 is 0. The second-order valence-electron chi connectivity index (χ2n) is 5.87. The van der Waals surface area contributed by atoms with Gasteiger partial charge in [-0.3, -0.25) is 4.90 Å². The number of hydrogen-bond donors (Lipinski definition) is 0. The van der Waals surface area contributed by atoms with Crippen molar-refractivity contribution >= 4 is 0 Å². The smallest absolute Gasteiger partial charge is 0.244 e. The van der Waals surface area contributed by atoms with E-state index in [1.54, 1.807) is 13.3 Å². The van der Waals surface area contributed by atoms with Gasteiger partial charge in [0, 0.05) is 24.9 Å². The van der Waals surface area contributed by atoms with E-state index < -0.39 is 0 Å². The Morgan fingerprint density at radius 3 is 3.12 bits per heavy atom. The maximum absolute atomic E-state index is 5.53. The predicted octanol–water partition coefficient (Wildman–Crippen LogP) is 2.70. The van der Waals surface area contributed by atoms with Crippen LogP contribution in [0.3, 0.4) is 0 Å². The molecule has 0 N–H and O–H groups in total. The Hall–Kier alpha value is -1.99. The first-order valence-corrected chi connectivity index (χ1v) is 8.47. The molecule has 0 aromatic carbocycles. The predicted molar refractivity (Wildman–Crippen MR) is 88.7 cm³/mol. The van der Waals surface area contributed by atoms with E-state index in [1.807, 2.05) is 12.1 Å². The van der Waals surface area contributed by atoms with Crippen LogP contribution in [0.1, 0.15) is 38.1 Å². The fourth-order valence-electron chi connectivity index (χ4n) is 3.01. The molecule has 0 bridgehead atoms. The Bertz CT molecular complexity index is 646. The molecule has 1 aliphatic heterocycles. The monoisotopic (exact) mass is 332 g/mol. The van der Waals surface area contributed by atoms with Crippen molar-refractivity contribution in [3.05, 3.63) is 24.2 Å². The highest BCUT2D eigenvalue weighted by Crippen LogP contribution is 2.32. The van der Waals surface area contributed by atoms with Crippen LogP contribution in [0.25, 0.3) is 11.4 Å². The van der Waals surface area contributed by atoms with Crippen LogP contribution in [0.4, 0.5) is 0 Å². The highest BCUT2D eigenvalue weighted by atomic mass is 16.5. The van der Waals surface area contributed by atoms with Gasteiger partial charge in [0.15, 0.2) is 0 Å². The standard InChI is InChI=1S/C17H24N4O3/c1-3-8-21-9-4-5-14(21)17-19-16(20-24-17)13-6-7-18-15(12-13)23-11-10-22-2/h6-7,12,14H,3-5,8-11H2,1-2H3. The van der Waals surface area contributed by atoms with Crippen molar-refractivity contribution in [3.63, 3.8) is 0 Å². The minimum Gasteiger partial charge on any atom is -0.475 e. The second-order valence-corrected chi connectivity index (χ2v) is 5.87. The molecule has 0 saturated carbocycles. The number of nitrogens with zero attached hydrogens (tertiary/aromatic N) is 4. The normalized spacial score (nSPS) is 18.2. The Kier molecular flexibility index (Phi) is 5.77. The molecule has 1 atom stereocenters. The summed E-state index contributed by atoms with van der Waals surface area (Å²) in [7, 11) is 1.64. The maximum Gasteiger partial charge on any atom is 0.244 e. The summed E-state index contributed by atoms with van der Waals surface area (Å²) in [6.07, 6.45) is 5.06. The third kappa shape index (κ3) is 3.91. The van der Waals surface area contributed by atoms with Crippen LogP contribution in [0.2, 0.25) is 0 Å². The van der Waals surface area contributed by atoms with Crippen molar-refractivity contribution in [1.29, 1.82) is 0 Å². The number of hydrogen-bond acceptors (Lipinski definition) is 7. The summed E-state index contributed by atoms with van der Waals surface area (Å²) in [5, 5.41) is 4.14. The number of ether oxygens (including phenoxy) is 2. The molecule has 0 aliphatic carbocycles. The Balaban J connectivity index is 1.72. The molecule has 0 radical (unpaired) electrons. The Morgan fingerprint density at radius 1 is 1.38 bits per heavy atom. The van der Waals surface area contributed by atoms with Crippen molar-refractivity contribution in [2.75, 3.05) is 33.4 Å². The Morgan fingerprint density at radius 2 is 2.29 bits per heavy atom. The van der Waals surface area contributed by atoms with Crippen molar-refractivity contribution in [2.24, 2.45) is 0 Å². The Labute approximate surface area is 142 Å². The van der Waals surface area contributed by atoms with Crippen LogP contribution < -0.4 is 4.74 Å². The number of aromatic nitrogens is 3. The molecular formula is C17H24N4O3. The summed E-state index contributed by atoms with van der Waals surface area (Å²) in [5.41, 5.74) is 0.840. The van der Waals surface area contributed by atoms with Gasteiger partial charge >= 0.3 is 0 Å². The van der Waals surface area contributed by atoms with Crippen LogP contribution in [0.5, 0.6) is 5.88 Å². The van der Waals surface area contributed by atoms with Crippen LogP contribution in [0.15, 0.2) is 22.9 Å². The molecular weight excluding hydrogens is 308 g/mol. The van der Waals surface area contributed by atoms with Crippen molar-refractivity contribution in [3.8, 4) is 17.3 Å². The van der Waals surface area contributed by atoms with Crippen molar-refractivity contribution < 1.29 is 14.0 Å². The van der Waals surface area contributed by atoms with Gasteiger partial charge in [0.1, 0.15) is 6.61 Å². The van der Waals surface area contributed by atoms with Gasteiger partial charge in [0.05, 0.1) is 12.6 Å². The minimum absolute atomic E-state index is 0.241. The zero-order valence-corrected chi connectivity index (χ0v) is 14.3. The van der Waals surface area contributed by atoms with Gasteiger partial charge in [-0.1, -0.05) is 12.1 Å². The molecule has 2 aromatic rings. The highest BCUT2D eigenvalue weighted by molar-refractivity contribution is 5.55. The lowest BCUT2D eigenvalue weighted by atomic mass is 10.2. The fraction of sp³-hybridized carbons (Fsp3) is 0.588. The molecule has 1 fully saturated rings. The number of methoxy groups -OCH3 is 1. The van der Waals surface area contributed by atoms with Gasteiger partial charge in [-0.05, 0) is 38.4 Å². The third-order valence-electron chi connectivity index (χ3n) is 4.13. The van der Waals surface area contributed by atoms with Crippen LogP contribution in [0, 0.1) is 0 Å². The third-order valence-corrected chi connectivity index (χ3v) is 4.13. The largest absolute Gasteiger partial charge is 0.475 e. The molecule has 1 aliphatic rings. The average molecular weight is 332 g/mol. The molecule has 130 valence electrons. The molecule has 7 nitrogen and oxygen atoms in total. The minimum atomic E-state index is 0.241. The summed E-state index contributed by atoms with van der Waals surface area (Å²) in [5.74, 6) is 1.81. The molecule has 1 unspecified atom stereocenters. The first-order chi connectivity index (χ1) is 11.8. The van der Waals surface area contributed by atoms with E-state index in [-0.39, 0.29) is 6.04 Å². The van der Waals surface area contributed by atoms with Crippen LogP contribution in [-0.4, -0.2) is 53.4 Å². The molecule has 2 aromatic heterocycles. The molecule has 0 spiro atoms. The number of pyridine rings is 1. The number of likely N-dealkylation sites (tertiary alicyclic amines) is 1. The van der Waals surface area contributed by atoms with Gasteiger partial charge in [0.25, 0.3) is 0 Å². The van der Waals surface area contributed by atoms with Gasteiger partial charge in [-0.2, -0.15) is 4.98 Å². The fourth-order valence-corrected chi connectivity index (χ4v) is 3.01. The van der Waals surface area contributed by atoms with E-state index in [9.17, 15) is 0 Å². The molecule has 3 heterocycles. The summed E-state index contributed by atoms with van der Waals surface area (Å²) in [4.78, 5) is 11.2. The van der Waals surface area contributed by atoms with Crippen molar-refractivity contribution in [1.82, 2.24) is 20.0 Å². The zero-order chi connectivity index (χ0) is 16.8. The number of rotatable bonds is 8. The second kappa shape index (κ2) is 8.21. The lowest BCUT2D eigenvalue weighted by molar-refractivity contribution is 0.144. The van der Waals surface area contributed by atoms with Gasteiger partial charge in [-0.15, -0.1) is 0 Å². The molecule has 1 saturated heterocycles.